The van der Waals surface area contributed by atoms with Crippen molar-refractivity contribution in [1.29, 1.82) is 0 Å². The molecule has 1 N–H and O–H groups in total. The highest BCUT2D eigenvalue weighted by Gasteiger charge is 2.50. The lowest BCUT2D eigenvalue weighted by Crippen LogP contribution is -2.54. The first kappa shape index (κ1) is 17.2. The average Bonchev–Trinajstić information content (AvgIpc) is 3.14. The lowest BCUT2D eigenvalue weighted by atomic mass is 9.90. The molecule has 138 valence electrons. The lowest BCUT2D eigenvalue weighted by Gasteiger charge is -2.46. The SMILES string of the molecule is C1CCC2(CC1)OOC1(CCC(NCCN3CCCC3)CC1)OO2. The molecule has 4 aliphatic rings. The summed E-state index contributed by atoms with van der Waals surface area (Å²) in [7, 11) is 0. The van der Waals surface area contributed by atoms with E-state index in [1.54, 1.807) is 0 Å². The van der Waals surface area contributed by atoms with Crippen LogP contribution in [-0.4, -0.2) is 48.7 Å². The van der Waals surface area contributed by atoms with Crippen molar-refractivity contribution in [3.8, 4) is 0 Å². The number of nitrogens with zero attached hydrogens (tertiary/aromatic N) is 1. The topological polar surface area (TPSA) is 52.2 Å². The second-order valence-corrected chi connectivity index (χ2v) is 7.99. The molecule has 2 heterocycles. The van der Waals surface area contributed by atoms with Crippen molar-refractivity contribution < 1.29 is 19.6 Å². The molecule has 0 unspecified atom stereocenters. The van der Waals surface area contributed by atoms with Crippen molar-refractivity contribution in [2.45, 2.75) is 88.2 Å². The van der Waals surface area contributed by atoms with E-state index >= 15 is 0 Å². The molecule has 0 amide bonds. The fourth-order valence-electron chi connectivity index (χ4n) is 4.45. The number of likely N-dealkylation sites (tertiary alicyclic amines) is 1. The van der Waals surface area contributed by atoms with Crippen molar-refractivity contribution in [3.63, 3.8) is 0 Å². The third-order valence-electron chi connectivity index (χ3n) is 6.11. The molecule has 0 bridgehead atoms. The molecular formula is C18H32N2O4. The van der Waals surface area contributed by atoms with Gasteiger partial charge in [-0.3, -0.25) is 0 Å². The van der Waals surface area contributed by atoms with E-state index in [4.69, 9.17) is 19.6 Å². The van der Waals surface area contributed by atoms with E-state index in [-0.39, 0.29) is 0 Å². The zero-order valence-corrected chi connectivity index (χ0v) is 14.8. The summed E-state index contributed by atoms with van der Waals surface area (Å²) in [6.07, 6.45) is 11.7. The maximum atomic E-state index is 5.75. The van der Waals surface area contributed by atoms with E-state index in [1.807, 2.05) is 0 Å². The number of hydrogen-bond donors (Lipinski definition) is 1. The molecule has 24 heavy (non-hydrogen) atoms. The molecule has 0 radical (unpaired) electrons. The maximum absolute atomic E-state index is 5.75. The van der Waals surface area contributed by atoms with Gasteiger partial charge in [-0.2, -0.15) is 19.6 Å². The van der Waals surface area contributed by atoms with Gasteiger partial charge < -0.3 is 10.2 Å². The standard InChI is InChI=1S/C18H32N2O4/c1-2-8-17(9-3-1)21-23-18(24-22-17)10-6-16(7-11-18)19-12-15-20-13-4-5-14-20/h16,19H,1-15H2. The summed E-state index contributed by atoms with van der Waals surface area (Å²) in [6, 6.07) is 0.552. The molecule has 6 nitrogen and oxygen atoms in total. The summed E-state index contributed by atoms with van der Waals surface area (Å²) < 4.78 is 0. The molecule has 2 saturated carbocycles. The lowest BCUT2D eigenvalue weighted by molar-refractivity contribution is -0.662. The summed E-state index contributed by atoms with van der Waals surface area (Å²) in [4.78, 5) is 25.5. The van der Waals surface area contributed by atoms with E-state index in [0.717, 1.165) is 57.9 Å². The van der Waals surface area contributed by atoms with Gasteiger partial charge in [0.25, 0.3) is 0 Å². The van der Waals surface area contributed by atoms with Crippen molar-refractivity contribution >= 4 is 0 Å². The third-order valence-corrected chi connectivity index (χ3v) is 6.11. The number of rotatable bonds is 4. The molecular weight excluding hydrogens is 308 g/mol. The first-order chi connectivity index (χ1) is 11.8. The van der Waals surface area contributed by atoms with Crippen LogP contribution >= 0.6 is 0 Å². The Morgan fingerprint density at radius 1 is 0.750 bits per heavy atom. The first-order valence-electron chi connectivity index (χ1n) is 9.97. The highest BCUT2D eigenvalue weighted by atomic mass is 17.4. The molecule has 6 heteroatoms. The van der Waals surface area contributed by atoms with Gasteiger partial charge in [-0.15, -0.1) is 0 Å². The molecule has 2 aliphatic carbocycles. The van der Waals surface area contributed by atoms with E-state index in [2.05, 4.69) is 10.2 Å². The van der Waals surface area contributed by atoms with E-state index in [1.165, 1.54) is 38.9 Å². The Labute approximate surface area is 145 Å². The average molecular weight is 340 g/mol. The molecule has 0 aromatic rings. The Bertz CT molecular complexity index is 388. The van der Waals surface area contributed by atoms with Crippen molar-refractivity contribution in [2.75, 3.05) is 26.2 Å². The van der Waals surface area contributed by atoms with Gasteiger partial charge in [0.2, 0.25) is 11.6 Å². The Morgan fingerprint density at radius 2 is 1.33 bits per heavy atom. The van der Waals surface area contributed by atoms with Crippen molar-refractivity contribution in [3.05, 3.63) is 0 Å². The minimum absolute atomic E-state index is 0.552. The predicted octanol–water partition coefficient (Wildman–Crippen LogP) is 2.88. The Balaban J connectivity index is 1.17. The fraction of sp³-hybridized carbons (Fsp3) is 1.00. The van der Waals surface area contributed by atoms with Crippen LogP contribution in [0.25, 0.3) is 0 Å². The van der Waals surface area contributed by atoms with Gasteiger partial charge in [0, 0.05) is 44.8 Å². The summed E-state index contributed by atoms with van der Waals surface area (Å²) in [5, 5.41) is 3.69. The molecule has 4 rings (SSSR count). The minimum Gasteiger partial charge on any atom is -0.313 e. The number of nitrogens with one attached hydrogen (secondary N) is 1. The second kappa shape index (κ2) is 7.56. The van der Waals surface area contributed by atoms with Crippen LogP contribution in [0.5, 0.6) is 0 Å². The summed E-state index contributed by atoms with van der Waals surface area (Å²) in [5.74, 6) is -1.33. The molecule has 2 spiro atoms. The molecule has 0 aromatic heterocycles. The van der Waals surface area contributed by atoms with Crippen LogP contribution in [0.2, 0.25) is 0 Å². The van der Waals surface area contributed by atoms with Gasteiger partial charge in [0.05, 0.1) is 0 Å². The quantitative estimate of drug-likeness (QED) is 0.794. The van der Waals surface area contributed by atoms with Gasteiger partial charge in [-0.25, -0.2) is 0 Å². The van der Waals surface area contributed by atoms with Crippen LogP contribution in [0, 0.1) is 0 Å². The van der Waals surface area contributed by atoms with Crippen LogP contribution < -0.4 is 5.32 Å². The molecule has 4 fully saturated rings. The van der Waals surface area contributed by atoms with Crippen molar-refractivity contribution in [1.82, 2.24) is 10.2 Å². The zero-order chi connectivity index (χ0) is 16.3. The predicted molar refractivity (Wildman–Crippen MR) is 88.8 cm³/mol. The van der Waals surface area contributed by atoms with Crippen LogP contribution in [0.4, 0.5) is 0 Å². The maximum Gasteiger partial charge on any atom is 0.234 e. The second-order valence-electron chi connectivity index (χ2n) is 7.99. The molecule has 0 atom stereocenters. The van der Waals surface area contributed by atoms with Crippen LogP contribution in [0.3, 0.4) is 0 Å². The smallest absolute Gasteiger partial charge is 0.234 e. The van der Waals surface area contributed by atoms with Gasteiger partial charge in [0.1, 0.15) is 0 Å². The Morgan fingerprint density at radius 3 is 1.96 bits per heavy atom. The van der Waals surface area contributed by atoms with E-state index < -0.39 is 11.6 Å². The summed E-state index contributed by atoms with van der Waals surface area (Å²) >= 11 is 0. The van der Waals surface area contributed by atoms with Gasteiger partial charge >= 0.3 is 0 Å². The fourth-order valence-corrected chi connectivity index (χ4v) is 4.45. The Kier molecular flexibility index (Phi) is 5.41. The normalized spacial score (nSPS) is 31.0. The van der Waals surface area contributed by atoms with E-state index in [0.29, 0.717) is 6.04 Å². The highest BCUT2D eigenvalue weighted by molar-refractivity contribution is 4.84. The molecule has 0 aromatic carbocycles. The summed E-state index contributed by atoms with van der Waals surface area (Å²) in [5.41, 5.74) is 0. The van der Waals surface area contributed by atoms with Gasteiger partial charge in [0.15, 0.2) is 0 Å². The summed E-state index contributed by atoms with van der Waals surface area (Å²) in [6.45, 7) is 4.79. The van der Waals surface area contributed by atoms with Gasteiger partial charge in [-0.05, 0) is 51.6 Å². The first-order valence-corrected chi connectivity index (χ1v) is 9.97. The number of hydrogen-bond acceptors (Lipinski definition) is 6. The van der Waals surface area contributed by atoms with Crippen LogP contribution in [-0.2, 0) is 19.6 Å². The monoisotopic (exact) mass is 340 g/mol. The van der Waals surface area contributed by atoms with Crippen LogP contribution in [0.15, 0.2) is 0 Å². The third kappa shape index (κ3) is 3.94. The minimum atomic E-state index is -0.685. The van der Waals surface area contributed by atoms with E-state index in [9.17, 15) is 0 Å². The van der Waals surface area contributed by atoms with Crippen molar-refractivity contribution in [2.24, 2.45) is 0 Å². The zero-order valence-electron chi connectivity index (χ0n) is 14.8. The molecule has 2 aliphatic heterocycles. The molecule has 2 saturated heterocycles. The largest absolute Gasteiger partial charge is 0.313 e. The highest BCUT2D eigenvalue weighted by Crippen LogP contribution is 2.43. The van der Waals surface area contributed by atoms with Crippen LogP contribution in [0.1, 0.15) is 70.6 Å². The Hall–Kier alpha value is -0.240. The van der Waals surface area contributed by atoms with Gasteiger partial charge in [-0.1, -0.05) is 6.42 Å².